The molecule has 0 aliphatic carbocycles. The van der Waals surface area contributed by atoms with E-state index in [1.54, 1.807) is 19.2 Å². The number of aryl methyl sites for hydroxylation is 1. The summed E-state index contributed by atoms with van der Waals surface area (Å²) < 4.78 is 5.07. The molecule has 0 atom stereocenters. The Labute approximate surface area is 123 Å². The molecular weight excluding hydrogens is 268 g/mol. The normalized spacial score (nSPS) is 10.0. The maximum atomic E-state index is 11.8. The van der Waals surface area contributed by atoms with E-state index in [9.17, 15) is 9.90 Å². The van der Waals surface area contributed by atoms with Gasteiger partial charge < -0.3 is 20.5 Å². The highest BCUT2D eigenvalue weighted by Gasteiger charge is 2.06. The second-order valence-electron chi connectivity index (χ2n) is 4.68. The smallest absolute Gasteiger partial charge is 0.319 e. The Bertz CT molecular complexity index is 624. The zero-order valence-electron chi connectivity index (χ0n) is 12.0. The third-order valence-corrected chi connectivity index (χ3v) is 3.01. The fraction of sp³-hybridized carbons (Fsp3) is 0.188. The summed E-state index contributed by atoms with van der Waals surface area (Å²) in [6.45, 7) is 2.26. The van der Waals surface area contributed by atoms with E-state index in [1.165, 1.54) is 0 Å². The molecule has 5 nitrogen and oxygen atoms in total. The Morgan fingerprint density at radius 1 is 1.19 bits per heavy atom. The van der Waals surface area contributed by atoms with Crippen molar-refractivity contribution in [1.82, 2.24) is 5.32 Å². The number of hydrogen-bond acceptors (Lipinski definition) is 3. The number of rotatable bonds is 4. The van der Waals surface area contributed by atoms with Gasteiger partial charge in [-0.1, -0.05) is 18.2 Å². The zero-order valence-corrected chi connectivity index (χ0v) is 12.0. The summed E-state index contributed by atoms with van der Waals surface area (Å²) >= 11 is 0. The standard InChI is InChI=1S/C16H18N2O3/c1-11-3-8-14(15(19)9-11)18-16(20)17-10-12-4-6-13(21-2)7-5-12/h3-9,19H,10H2,1-2H3,(H2,17,18,20). The van der Waals surface area contributed by atoms with Crippen molar-refractivity contribution in [2.75, 3.05) is 12.4 Å². The van der Waals surface area contributed by atoms with Crippen LogP contribution in [0, 0.1) is 6.92 Å². The van der Waals surface area contributed by atoms with Gasteiger partial charge in [-0.2, -0.15) is 0 Å². The van der Waals surface area contributed by atoms with E-state index in [0.717, 1.165) is 16.9 Å². The second kappa shape index (κ2) is 6.65. The minimum atomic E-state index is -0.370. The molecule has 0 aliphatic rings. The summed E-state index contributed by atoms with van der Waals surface area (Å²) in [6.07, 6.45) is 0. The molecule has 2 amide bonds. The SMILES string of the molecule is COc1ccc(CNC(=O)Nc2ccc(C)cc2O)cc1. The first kappa shape index (κ1) is 14.7. The van der Waals surface area contributed by atoms with Crippen LogP contribution in [-0.2, 0) is 6.54 Å². The highest BCUT2D eigenvalue weighted by Crippen LogP contribution is 2.23. The first-order chi connectivity index (χ1) is 10.1. The molecule has 3 N–H and O–H groups in total. The van der Waals surface area contributed by atoms with Crippen molar-refractivity contribution in [1.29, 1.82) is 0 Å². The van der Waals surface area contributed by atoms with E-state index in [4.69, 9.17) is 4.74 Å². The van der Waals surface area contributed by atoms with Crippen molar-refractivity contribution >= 4 is 11.7 Å². The molecule has 110 valence electrons. The molecule has 21 heavy (non-hydrogen) atoms. The molecule has 2 aromatic carbocycles. The molecule has 0 unspecified atom stereocenters. The van der Waals surface area contributed by atoms with Crippen LogP contribution in [0.4, 0.5) is 10.5 Å². The van der Waals surface area contributed by atoms with Crippen molar-refractivity contribution < 1.29 is 14.6 Å². The molecule has 0 bridgehead atoms. The average Bonchev–Trinajstić information content (AvgIpc) is 2.48. The zero-order chi connectivity index (χ0) is 15.2. The van der Waals surface area contributed by atoms with Crippen molar-refractivity contribution in [3.63, 3.8) is 0 Å². The summed E-state index contributed by atoms with van der Waals surface area (Å²) in [5.74, 6) is 0.822. The number of carbonyl (C=O) groups is 1. The predicted octanol–water partition coefficient (Wildman–Crippen LogP) is 3.03. The summed E-state index contributed by atoms with van der Waals surface area (Å²) in [5, 5.41) is 15.1. The Kier molecular flexibility index (Phi) is 4.66. The summed E-state index contributed by atoms with van der Waals surface area (Å²) in [5.41, 5.74) is 2.27. The van der Waals surface area contributed by atoms with E-state index in [1.807, 2.05) is 37.3 Å². The molecule has 0 radical (unpaired) electrons. The fourth-order valence-corrected chi connectivity index (χ4v) is 1.84. The number of benzene rings is 2. The molecule has 2 rings (SSSR count). The Morgan fingerprint density at radius 2 is 1.90 bits per heavy atom. The molecule has 0 spiro atoms. The number of phenolic OH excluding ortho intramolecular Hbond substituents is 1. The van der Waals surface area contributed by atoms with Gasteiger partial charge in [0.25, 0.3) is 0 Å². The van der Waals surface area contributed by atoms with Gasteiger partial charge in [0, 0.05) is 6.54 Å². The van der Waals surface area contributed by atoms with E-state index in [0.29, 0.717) is 12.2 Å². The van der Waals surface area contributed by atoms with Gasteiger partial charge in [-0.15, -0.1) is 0 Å². The van der Waals surface area contributed by atoms with Gasteiger partial charge in [0.05, 0.1) is 12.8 Å². The number of hydrogen-bond donors (Lipinski definition) is 3. The van der Waals surface area contributed by atoms with Crippen molar-refractivity contribution in [2.45, 2.75) is 13.5 Å². The minimum absolute atomic E-state index is 0.0506. The molecule has 0 saturated heterocycles. The van der Waals surface area contributed by atoms with E-state index in [2.05, 4.69) is 10.6 Å². The van der Waals surface area contributed by atoms with Crippen LogP contribution in [0.2, 0.25) is 0 Å². The van der Waals surface area contributed by atoms with Crippen molar-refractivity contribution in [3.8, 4) is 11.5 Å². The molecule has 0 saturated carbocycles. The van der Waals surface area contributed by atoms with Gasteiger partial charge in [0.1, 0.15) is 11.5 Å². The highest BCUT2D eigenvalue weighted by molar-refractivity contribution is 5.90. The number of aromatic hydroxyl groups is 1. The second-order valence-corrected chi connectivity index (χ2v) is 4.68. The average molecular weight is 286 g/mol. The lowest BCUT2D eigenvalue weighted by molar-refractivity contribution is 0.251. The third kappa shape index (κ3) is 4.14. The third-order valence-electron chi connectivity index (χ3n) is 3.01. The molecule has 0 aromatic heterocycles. The van der Waals surface area contributed by atoms with Crippen LogP contribution < -0.4 is 15.4 Å². The van der Waals surface area contributed by atoms with Crippen LogP contribution in [0.3, 0.4) is 0 Å². The monoisotopic (exact) mass is 286 g/mol. The van der Waals surface area contributed by atoms with Crippen molar-refractivity contribution in [2.24, 2.45) is 0 Å². The Morgan fingerprint density at radius 3 is 2.52 bits per heavy atom. The first-order valence-electron chi connectivity index (χ1n) is 6.56. The summed E-state index contributed by atoms with van der Waals surface area (Å²) in [4.78, 5) is 11.8. The fourth-order valence-electron chi connectivity index (χ4n) is 1.84. The summed E-state index contributed by atoms with van der Waals surface area (Å²) in [7, 11) is 1.61. The molecule has 0 fully saturated rings. The summed E-state index contributed by atoms with van der Waals surface area (Å²) in [6, 6.07) is 12.1. The van der Waals surface area contributed by atoms with Crippen LogP contribution >= 0.6 is 0 Å². The lowest BCUT2D eigenvalue weighted by atomic mass is 10.2. The predicted molar refractivity (Wildman–Crippen MR) is 81.7 cm³/mol. The molecular formula is C16H18N2O3. The molecule has 2 aromatic rings. The number of ether oxygens (including phenoxy) is 1. The molecule has 0 heterocycles. The number of carbonyl (C=O) groups excluding carboxylic acids is 1. The van der Waals surface area contributed by atoms with Gasteiger partial charge in [-0.05, 0) is 42.3 Å². The first-order valence-corrected chi connectivity index (χ1v) is 6.56. The maximum Gasteiger partial charge on any atom is 0.319 e. The highest BCUT2D eigenvalue weighted by atomic mass is 16.5. The van der Waals surface area contributed by atoms with E-state index >= 15 is 0 Å². The van der Waals surface area contributed by atoms with Gasteiger partial charge in [0.2, 0.25) is 0 Å². The van der Waals surface area contributed by atoms with Gasteiger partial charge in [0.15, 0.2) is 0 Å². The Hall–Kier alpha value is -2.69. The van der Waals surface area contributed by atoms with Crippen LogP contribution in [-0.4, -0.2) is 18.2 Å². The van der Waals surface area contributed by atoms with E-state index in [-0.39, 0.29) is 11.8 Å². The van der Waals surface area contributed by atoms with Crippen LogP contribution in [0.5, 0.6) is 11.5 Å². The number of amides is 2. The number of anilines is 1. The number of nitrogens with one attached hydrogen (secondary N) is 2. The number of urea groups is 1. The lowest BCUT2D eigenvalue weighted by Crippen LogP contribution is -2.28. The molecule has 5 heteroatoms. The quantitative estimate of drug-likeness (QED) is 0.757. The topological polar surface area (TPSA) is 70.6 Å². The van der Waals surface area contributed by atoms with Crippen LogP contribution in [0.25, 0.3) is 0 Å². The van der Waals surface area contributed by atoms with Crippen LogP contribution in [0.15, 0.2) is 42.5 Å². The van der Waals surface area contributed by atoms with Gasteiger partial charge >= 0.3 is 6.03 Å². The maximum absolute atomic E-state index is 11.8. The van der Waals surface area contributed by atoms with Gasteiger partial charge in [-0.3, -0.25) is 0 Å². The minimum Gasteiger partial charge on any atom is -0.506 e. The molecule has 0 aliphatic heterocycles. The largest absolute Gasteiger partial charge is 0.506 e. The van der Waals surface area contributed by atoms with E-state index < -0.39 is 0 Å². The van der Waals surface area contributed by atoms with Crippen LogP contribution in [0.1, 0.15) is 11.1 Å². The lowest BCUT2D eigenvalue weighted by Gasteiger charge is -2.10. The number of phenols is 1. The van der Waals surface area contributed by atoms with Gasteiger partial charge in [-0.25, -0.2) is 4.79 Å². The van der Waals surface area contributed by atoms with Crippen molar-refractivity contribution in [3.05, 3.63) is 53.6 Å². The number of methoxy groups -OCH3 is 1. The Balaban J connectivity index is 1.89.